The fourth-order valence-electron chi connectivity index (χ4n) is 1.27. The second-order valence-corrected chi connectivity index (χ2v) is 2.97. The van der Waals surface area contributed by atoms with E-state index in [1.54, 1.807) is 6.92 Å². The number of carbonyl (C=O) groups excluding carboxylic acids is 1. The van der Waals surface area contributed by atoms with Gasteiger partial charge >= 0.3 is 0 Å². The van der Waals surface area contributed by atoms with E-state index in [1.807, 2.05) is 13.8 Å². The largest absolute Gasteiger partial charge is 0.300 e. The van der Waals surface area contributed by atoms with E-state index in [0.29, 0.717) is 11.7 Å². The minimum absolute atomic E-state index is 0.334. The zero-order valence-electron chi connectivity index (χ0n) is 9.31. The molecule has 1 unspecified atom stereocenters. The Hall–Kier alpha value is -0.330. The smallest absolute Gasteiger partial charge is 0.130 e. The predicted octanol–water partition coefficient (Wildman–Crippen LogP) is 3.82. The first-order chi connectivity index (χ1) is 5.70. The molecule has 0 aliphatic heterocycles. The molecular weight excluding hydrogens is 148 g/mol. The zero-order chi connectivity index (χ0) is 9.98. The summed E-state index contributed by atoms with van der Waals surface area (Å²) in [6.45, 7) is 10.0. The number of hydrogen-bond acceptors (Lipinski definition) is 1. The van der Waals surface area contributed by atoms with Gasteiger partial charge in [0, 0.05) is 6.42 Å². The maximum absolute atomic E-state index is 10.7. The fraction of sp³-hybridized carbons (Fsp3) is 0.909. The van der Waals surface area contributed by atoms with Crippen LogP contribution >= 0.6 is 0 Å². The topological polar surface area (TPSA) is 17.1 Å². The molecule has 0 N–H and O–H groups in total. The van der Waals surface area contributed by atoms with Gasteiger partial charge in [-0.2, -0.15) is 0 Å². The molecule has 0 aliphatic rings. The summed E-state index contributed by atoms with van der Waals surface area (Å²) in [6, 6.07) is 0. The van der Waals surface area contributed by atoms with E-state index < -0.39 is 0 Å². The van der Waals surface area contributed by atoms with Gasteiger partial charge in [0.1, 0.15) is 5.78 Å². The second-order valence-electron chi connectivity index (χ2n) is 2.97. The van der Waals surface area contributed by atoms with Gasteiger partial charge in [-0.15, -0.1) is 0 Å². The summed E-state index contributed by atoms with van der Waals surface area (Å²) in [4.78, 5) is 10.7. The van der Waals surface area contributed by atoms with Gasteiger partial charge in [0.05, 0.1) is 0 Å². The van der Waals surface area contributed by atoms with Crippen LogP contribution in [0.15, 0.2) is 0 Å². The molecule has 12 heavy (non-hydrogen) atoms. The van der Waals surface area contributed by atoms with Crippen LogP contribution in [0.25, 0.3) is 0 Å². The highest BCUT2D eigenvalue weighted by molar-refractivity contribution is 5.75. The third kappa shape index (κ3) is 9.67. The summed E-state index contributed by atoms with van der Waals surface area (Å²) >= 11 is 0. The molecule has 1 heteroatoms. The summed E-state index contributed by atoms with van der Waals surface area (Å²) in [5, 5.41) is 0. The van der Waals surface area contributed by atoms with E-state index in [0.717, 1.165) is 12.8 Å². The van der Waals surface area contributed by atoms with Crippen LogP contribution in [0, 0.1) is 5.92 Å². The third-order valence-electron chi connectivity index (χ3n) is 1.85. The molecule has 0 saturated heterocycles. The molecule has 0 saturated carbocycles. The monoisotopic (exact) mass is 172 g/mol. The quantitative estimate of drug-likeness (QED) is 0.616. The van der Waals surface area contributed by atoms with Gasteiger partial charge in [0.25, 0.3) is 0 Å². The molecule has 0 aromatic rings. The Morgan fingerprint density at radius 1 is 1.25 bits per heavy atom. The maximum atomic E-state index is 10.7. The van der Waals surface area contributed by atoms with Crippen LogP contribution in [-0.2, 0) is 4.79 Å². The molecule has 0 radical (unpaired) electrons. The molecule has 74 valence electrons. The number of carbonyl (C=O) groups is 1. The van der Waals surface area contributed by atoms with Gasteiger partial charge in [0.15, 0.2) is 0 Å². The number of hydrogen-bond donors (Lipinski definition) is 0. The van der Waals surface area contributed by atoms with Gasteiger partial charge in [-0.1, -0.05) is 47.0 Å². The predicted molar refractivity (Wildman–Crippen MR) is 55.3 cm³/mol. The second kappa shape index (κ2) is 10.7. The highest BCUT2D eigenvalue weighted by Crippen LogP contribution is 2.14. The molecule has 0 amide bonds. The first-order valence-corrected chi connectivity index (χ1v) is 5.20. The zero-order valence-corrected chi connectivity index (χ0v) is 9.31. The van der Waals surface area contributed by atoms with Crippen LogP contribution < -0.4 is 0 Å². The van der Waals surface area contributed by atoms with Gasteiger partial charge in [-0.05, 0) is 12.8 Å². The van der Waals surface area contributed by atoms with Crippen LogP contribution in [0.1, 0.15) is 60.3 Å². The van der Waals surface area contributed by atoms with E-state index in [-0.39, 0.29) is 0 Å². The van der Waals surface area contributed by atoms with Gasteiger partial charge in [-0.25, -0.2) is 0 Å². The van der Waals surface area contributed by atoms with E-state index >= 15 is 0 Å². The van der Waals surface area contributed by atoms with Crippen LogP contribution in [0.3, 0.4) is 0 Å². The van der Waals surface area contributed by atoms with Crippen molar-refractivity contribution < 1.29 is 4.79 Å². The normalized spacial score (nSPS) is 11.4. The Balaban J connectivity index is 0. The van der Waals surface area contributed by atoms with Crippen LogP contribution in [0.2, 0.25) is 0 Å². The van der Waals surface area contributed by atoms with Crippen molar-refractivity contribution in [1.82, 2.24) is 0 Å². The average Bonchev–Trinajstić information content (AvgIpc) is 2.07. The van der Waals surface area contributed by atoms with Gasteiger partial charge < -0.3 is 4.79 Å². The van der Waals surface area contributed by atoms with Crippen LogP contribution in [0.4, 0.5) is 0 Å². The summed E-state index contributed by atoms with van der Waals surface area (Å²) in [7, 11) is 0. The maximum Gasteiger partial charge on any atom is 0.130 e. The van der Waals surface area contributed by atoms with Crippen LogP contribution in [0.5, 0.6) is 0 Å². The molecule has 0 spiro atoms. The first kappa shape index (κ1) is 14.2. The Morgan fingerprint density at radius 2 is 1.75 bits per heavy atom. The molecule has 0 rings (SSSR count). The average molecular weight is 172 g/mol. The summed E-state index contributed by atoms with van der Waals surface area (Å²) in [6.07, 6.45) is 4.33. The number of rotatable bonds is 5. The molecule has 1 nitrogen and oxygen atoms in total. The van der Waals surface area contributed by atoms with Crippen LogP contribution in [-0.4, -0.2) is 5.78 Å². The molecule has 1 atom stereocenters. The van der Waals surface area contributed by atoms with Crippen molar-refractivity contribution in [1.29, 1.82) is 0 Å². The van der Waals surface area contributed by atoms with E-state index in [4.69, 9.17) is 0 Å². The lowest BCUT2D eigenvalue weighted by atomic mass is 9.95. The highest BCUT2D eigenvalue weighted by atomic mass is 16.1. The van der Waals surface area contributed by atoms with Gasteiger partial charge in [-0.3, -0.25) is 0 Å². The van der Waals surface area contributed by atoms with E-state index in [2.05, 4.69) is 13.8 Å². The minimum Gasteiger partial charge on any atom is -0.300 e. The van der Waals surface area contributed by atoms with Crippen molar-refractivity contribution in [2.75, 3.05) is 0 Å². The Kier molecular flexibility index (Phi) is 12.6. The Morgan fingerprint density at radius 3 is 2.00 bits per heavy atom. The fourth-order valence-corrected chi connectivity index (χ4v) is 1.27. The molecule has 0 heterocycles. The lowest BCUT2D eigenvalue weighted by Crippen LogP contribution is -2.03. The highest BCUT2D eigenvalue weighted by Gasteiger charge is 2.06. The summed E-state index contributed by atoms with van der Waals surface area (Å²) < 4.78 is 0. The standard InChI is InChI=1S/C9H18O.C2H6/c1-4-6-9(5-2)7-8(3)10;1-2/h9H,4-7H2,1-3H3;1-2H3. The summed E-state index contributed by atoms with van der Waals surface area (Å²) in [5.41, 5.74) is 0. The lowest BCUT2D eigenvalue weighted by molar-refractivity contribution is -0.117. The molecular formula is C11H24O. The van der Waals surface area contributed by atoms with Crippen molar-refractivity contribution >= 4 is 5.78 Å². The lowest BCUT2D eigenvalue weighted by Gasteiger charge is -2.10. The third-order valence-corrected chi connectivity index (χ3v) is 1.85. The van der Waals surface area contributed by atoms with Crippen molar-refractivity contribution in [2.45, 2.75) is 60.3 Å². The first-order valence-electron chi connectivity index (χ1n) is 5.20. The van der Waals surface area contributed by atoms with Gasteiger partial charge in [0.2, 0.25) is 0 Å². The SMILES string of the molecule is CC.CCCC(CC)CC(C)=O. The molecule has 0 fully saturated rings. The van der Waals surface area contributed by atoms with Crippen molar-refractivity contribution in [3.63, 3.8) is 0 Å². The number of ketones is 1. The Bertz CT molecular complexity index is 97.2. The van der Waals surface area contributed by atoms with Crippen molar-refractivity contribution in [3.05, 3.63) is 0 Å². The van der Waals surface area contributed by atoms with Crippen molar-refractivity contribution in [2.24, 2.45) is 5.92 Å². The molecule has 0 aromatic heterocycles. The summed E-state index contributed by atoms with van der Waals surface area (Å²) in [5.74, 6) is 0.975. The minimum atomic E-state index is 0.334. The molecule has 0 aliphatic carbocycles. The number of Topliss-reactive ketones (excluding diaryl/α,β-unsaturated/α-hetero) is 1. The van der Waals surface area contributed by atoms with E-state index in [9.17, 15) is 4.79 Å². The molecule has 0 bridgehead atoms. The van der Waals surface area contributed by atoms with Crippen molar-refractivity contribution in [3.8, 4) is 0 Å². The Labute approximate surface area is 77.6 Å². The molecule has 0 aromatic carbocycles. The van der Waals surface area contributed by atoms with E-state index in [1.165, 1.54) is 12.8 Å².